The number of unbranched alkanes of at least 4 members (excludes halogenated alkanes) is 13. The lowest BCUT2D eigenvalue weighted by molar-refractivity contribution is -0.139. The van der Waals surface area contributed by atoms with Crippen LogP contribution in [0.25, 0.3) is 0 Å². The summed E-state index contributed by atoms with van der Waals surface area (Å²) in [5, 5.41) is 0. The third-order valence-electron chi connectivity index (χ3n) is 11.5. The fourth-order valence-corrected chi connectivity index (χ4v) is 12.6. The summed E-state index contributed by atoms with van der Waals surface area (Å²) in [5.41, 5.74) is 0.833. The molecule has 3 heterocycles. The molecule has 0 saturated carbocycles. The summed E-state index contributed by atoms with van der Waals surface area (Å²) in [6.45, 7) is 25.0. The maximum absolute atomic E-state index is 12.1. The van der Waals surface area contributed by atoms with E-state index in [0.717, 1.165) is 63.4 Å². The van der Waals surface area contributed by atoms with Gasteiger partial charge in [-0.3, -0.25) is 0 Å². The van der Waals surface area contributed by atoms with Crippen LogP contribution in [0, 0.1) is 0 Å². The number of cyclic esters (lactones) is 1. The minimum Gasteiger partial charge on any atom is -0.455 e. The van der Waals surface area contributed by atoms with Crippen LogP contribution in [0.1, 0.15) is 168 Å². The lowest BCUT2D eigenvalue weighted by atomic mass is 10.00. The second-order valence-electron chi connectivity index (χ2n) is 20.6. The molecule has 2 fully saturated rings. The predicted molar refractivity (Wildman–Crippen MR) is 242 cm³/mol. The lowest BCUT2D eigenvalue weighted by Gasteiger charge is -2.32. The highest BCUT2D eigenvalue weighted by atomic mass is 28.4. The molecule has 0 aliphatic carbocycles. The van der Waals surface area contributed by atoms with Crippen LogP contribution in [0.4, 0.5) is 0 Å². The molecule has 7 nitrogen and oxygen atoms in total. The van der Waals surface area contributed by atoms with Crippen LogP contribution in [0.5, 0.6) is 0 Å². The fraction of sp³-hybridized carbons (Fsp3) is 0.935. The molecule has 8 atom stereocenters. The van der Waals surface area contributed by atoms with Gasteiger partial charge in [0, 0.05) is 11.7 Å². The molecule has 3 aliphatic rings. The third-order valence-corrected chi connectivity index (χ3v) is 14.6. The molecule has 0 aromatic heterocycles. The molecule has 0 unspecified atom stereocenters. The van der Waals surface area contributed by atoms with E-state index < -0.39 is 25.0 Å². The number of carbonyl (C=O) groups excluding carboxylic acids is 1. The summed E-state index contributed by atoms with van der Waals surface area (Å²) in [6.07, 6.45) is 32.3. The molecule has 3 aliphatic heterocycles. The van der Waals surface area contributed by atoms with Gasteiger partial charge >= 0.3 is 5.97 Å². The molecule has 0 spiro atoms. The average molecular weight is 839 g/mol. The SMILES string of the molecule is CCCCCCCC[C@H](O[Si](C)(C)C)[C@H]1CC[C@H]([C@H]2CC[C@H]([C@@H](CCCCCCCCCCC[C@H](CCC3=C[C@H](C)OC3=O)O[Si](C)(C)C)O[Si](C)(C)C)O2)O1. The quantitative estimate of drug-likeness (QED) is 0.0391. The Kier molecular flexibility index (Phi) is 22.7. The van der Waals surface area contributed by atoms with Crippen molar-refractivity contribution in [3.8, 4) is 0 Å². The van der Waals surface area contributed by atoms with Gasteiger partial charge in [-0.25, -0.2) is 4.79 Å². The van der Waals surface area contributed by atoms with Crippen molar-refractivity contribution in [3.63, 3.8) is 0 Å². The topological polar surface area (TPSA) is 72.5 Å². The second kappa shape index (κ2) is 25.4. The largest absolute Gasteiger partial charge is 0.455 e. The summed E-state index contributed by atoms with van der Waals surface area (Å²) in [5.74, 6) is -0.140. The van der Waals surface area contributed by atoms with Gasteiger partial charge in [0.25, 0.3) is 0 Å². The molecule has 328 valence electrons. The summed E-state index contributed by atoms with van der Waals surface area (Å²) in [6, 6.07) is 0. The van der Waals surface area contributed by atoms with Gasteiger partial charge in [0.05, 0.1) is 36.6 Å². The zero-order valence-corrected chi connectivity index (χ0v) is 41.5. The van der Waals surface area contributed by atoms with Gasteiger partial charge in [0.1, 0.15) is 6.10 Å². The Bertz CT molecular complexity index is 1110. The summed E-state index contributed by atoms with van der Waals surface area (Å²) >= 11 is 0. The Labute approximate surface area is 349 Å². The van der Waals surface area contributed by atoms with Crippen molar-refractivity contribution < 1.29 is 32.3 Å². The monoisotopic (exact) mass is 839 g/mol. The van der Waals surface area contributed by atoms with Crippen LogP contribution in [-0.2, 0) is 32.3 Å². The zero-order valence-electron chi connectivity index (χ0n) is 38.5. The predicted octanol–water partition coefficient (Wildman–Crippen LogP) is 13.4. The van der Waals surface area contributed by atoms with Gasteiger partial charge in [-0.2, -0.15) is 0 Å². The molecular weight excluding hydrogens is 749 g/mol. The third kappa shape index (κ3) is 21.3. The normalized spacial score (nSPS) is 25.1. The summed E-state index contributed by atoms with van der Waals surface area (Å²) in [7, 11) is -4.99. The summed E-state index contributed by atoms with van der Waals surface area (Å²) < 4.78 is 39.1. The van der Waals surface area contributed by atoms with E-state index in [4.69, 9.17) is 27.5 Å². The summed E-state index contributed by atoms with van der Waals surface area (Å²) in [4.78, 5) is 12.1. The molecule has 0 amide bonds. The maximum atomic E-state index is 12.1. The highest BCUT2D eigenvalue weighted by molar-refractivity contribution is 6.70. The van der Waals surface area contributed by atoms with Crippen molar-refractivity contribution in [1.29, 1.82) is 0 Å². The van der Waals surface area contributed by atoms with E-state index in [9.17, 15) is 4.79 Å². The number of ether oxygens (including phenoxy) is 3. The van der Waals surface area contributed by atoms with Gasteiger partial charge in [-0.15, -0.1) is 0 Å². The molecule has 56 heavy (non-hydrogen) atoms. The van der Waals surface area contributed by atoms with Crippen LogP contribution in [-0.4, -0.2) is 79.8 Å². The lowest BCUT2D eigenvalue weighted by Crippen LogP contribution is -2.41. The molecule has 10 heteroatoms. The van der Waals surface area contributed by atoms with Crippen molar-refractivity contribution in [3.05, 3.63) is 11.6 Å². The van der Waals surface area contributed by atoms with Gasteiger partial charge in [0.15, 0.2) is 25.0 Å². The fourth-order valence-electron chi connectivity index (χ4n) is 9.00. The van der Waals surface area contributed by atoms with Crippen molar-refractivity contribution >= 4 is 30.9 Å². The van der Waals surface area contributed by atoms with E-state index in [-0.39, 0.29) is 54.8 Å². The van der Waals surface area contributed by atoms with Crippen molar-refractivity contribution in [2.75, 3.05) is 0 Å². The molecule has 0 N–H and O–H groups in total. The second-order valence-corrected chi connectivity index (χ2v) is 34.0. The van der Waals surface area contributed by atoms with Crippen LogP contribution in [0.15, 0.2) is 11.6 Å². The molecule has 3 rings (SSSR count). The molecular formula is C46H90O7Si3. The Balaban J connectivity index is 1.32. The van der Waals surface area contributed by atoms with Gasteiger partial charge in [-0.1, -0.05) is 103 Å². The van der Waals surface area contributed by atoms with E-state index >= 15 is 0 Å². The van der Waals surface area contributed by atoms with E-state index in [2.05, 4.69) is 65.8 Å². The van der Waals surface area contributed by atoms with Gasteiger partial charge in [-0.05, 0) is 130 Å². The van der Waals surface area contributed by atoms with Crippen LogP contribution >= 0.6 is 0 Å². The smallest absolute Gasteiger partial charge is 0.334 e. The minimum atomic E-state index is -1.70. The Hall–Kier alpha value is -0.339. The molecule has 0 aromatic rings. The number of esters is 1. The number of rotatable bonds is 31. The van der Waals surface area contributed by atoms with Crippen molar-refractivity contribution in [2.24, 2.45) is 0 Å². The first-order valence-electron chi connectivity index (χ1n) is 23.7. The van der Waals surface area contributed by atoms with E-state index in [1.807, 2.05) is 13.0 Å². The van der Waals surface area contributed by atoms with Crippen LogP contribution in [0.2, 0.25) is 58.9 Å². The van der Waals surface area contributed by atoms with Gasteiger partial charge in [0.2, 0.25) is 0 Å². The molecule has 2 saturated heterocycles. The Morgan fingerprint density at radius 1 is 0.571 bits per heavy atom. The standard InChI is InChI=1S/C46H90O7Si3/c1-12-13-14-15-22-25-28-44(52-55(6,7)8)42-34-32-40(49-42)41-33-35-43(50-41)45(53-56(9,10)11)29-26-23-20-18-16-17-19-21-24-27-39(51-54(3,4)5)31-30-38-36-37(2)48-46(38)47/h36-37,39-45H,12-35H2,1-11H3/t37-,39+,40+,41+,42+,43+,44-,45+/m0/s1. The molecule has 0 bridgehead atoms. The molecule has 0 aromatic carbocycles. The zero-order chi connectivity index (χ0) is 41.2. The highest BCUT2D eigenvalue weighted by Crippen LogP contribution is 2.37. The number of hydrogen-bond acceptors (Lipinski definition) is 7. The first kappa shape index (κ1) is 50.0. The van der Waals surface area contributed by atoms with E-state index in [1.54, 1.807) is 0 Å². The van der Waals surface area contributed by atoms with Gasteiger partial charge < -0.3 is 27.5 Å². The van der Waals surface area contributed by atoms with Crippen LogP contribution < -0.4 is 0 Å². The Morgan fingerprint density at radius 3 is 1.38 bits per heavy atom. The molecule has 0 radical (unpaired) electrons. The minimum absolute atomic E-state index is 0.0887. The van der Waals surface area contributed by atoms with Crippen molar-refractivity contribution in [1.82, 2.24) is 0 Å². The highest BCUT2D eigenvalue weighted by Gasteiger charge is 2.43. The number of hydrogen-bond donors (Lipinski definition) is 0. The van der Waals surface area contributed by atoms with E-state index in [0.29, 0.717) is 0 Å². The van der Waals surface area contributed by atoms with E-state index in [1.165, 1.54) is 96.3 Å². The average Bonchev–Trinajstić information content (AvgIpc) is 3.85. The maximum Gasteiger partial charge on any atom is 0.334 e. The first-order valence-corrected chi connectivity index (χ1v) is 33.9. The number of carbonyl (C=O) groups is 1. The van der Waals surface area contributed by atoms with Crippen molar-refractivity contribution in [2.45, 2.75) is 276 Å². The van der Waals surface area contributed by atoms with Crippen LogP contribution in [0.3, 0.4) is 0 Å². The first-order chi connectivity index (χ1) is 26.4. The Morgan fingerprint density at radius 2 is 0.982 bits per heavy atom.